The summed E-state index contributed by atoms with van der Waals surface area (Å²) < 4.78 is 1.91. The van der Waals surface area contributed by atoms with E-state index in [1.165, 1.54) is 12.8 Å². The van der Waals surface area contributed by atoms with Crippen LogP contribution in [-0.4, -0.2) is 70.8 Å². The van der Waals surface area contributed by atoms with Crippen molar-refractivity contribution in [1.29, 1.82) is 0 Å². The molecule has 1 saturated carbocycles. The number of nitrogens with one attached hydrogen (secondary N) is 1. The zero-order valence-corrected chi connectivity index (χ0v) is 13.1. The lowest BCUT2D eigenvalue weighted by atomic mass is 9.86. The Morgan fingerprint density at radius 1 is 1.14 bits per heavy atom. The Labute approximate surface area is 131 Å². The quantitative estimate of drug-likeness (QED) is 0.871. The maximum absolute atomic E-state index is 13.3. The lowest BCUT2D eigenvalue weighted by molar-refractivity contribution is -0.145. The number of carbonyl (C=O) groups excluding carboxylic acids is 1. The number of carbonyl (C=O) groups is 1. The van der Waals surface area contributed by atoms with Gasteiger partial charge >= 0.3 is 0 Å². The lowest BCUT2D eigenvalue weighted by Gasteiger charge is -2.43. The molecule has 2 saturated heterocycles. The molecular weight excluding hydrogens is 278 g/mol. The number of nitrogens with zero attached hydrogens (tertiary/aromatic N) is 4. The Morgan fingerprint density at radius 3 is 2.45 bits per heavy atom. The first-order valence-corrected chi connectivity index (χ1v) is 8.54. The Morgan fingerprint density at radius 2 is 1.86 bits per heavy atom. The molecule has 1 amide bonds. The number of aromatic nitrogens is 2. The molecule has 2 aliphatic heterocycles. The van der Waals surface area contributed by atoms with Crippen molar-refractivity contribution >= 4 is 5.91 Å². The van der Waals surface area contributed by atoms with Crippen molar-refractivity contribution in [2.45, 2.75) is 37.3 Å². The Hall–Kier alpha value is -1.40. The number of rotatable bonds is 3. The molecule has 6 nitrogen and oxygen atoms in total. The third-order valence-electron chi connectivity index (χ3n) is 5.44. The second kappa shape index (κ2) is 5.66. The molecule has 0 atom stereocenters. The molecule has 120 valence electrons. The van der Waals surface area contributed by atoms with Crippen LogP contribution in [0.15, 0.2) is 18.5 Å². The topological polar surface area (TPSA) is 53.4 Å². The van der Waals surface area contributed by atoms with Crippen molar-refractivity contribution in [3.63, 3.8) is 0 Å². The first kappa shape index (κ1) is 14.2. The van der Waals surface area contributed by atoms with Crippen molar-refractivity contribution in [3.05, 3.63) is 18.5 Å². The maximum Gasteiger partial charge on any atom is 0.250 e. The minimum absolute atomic E-state index is 0.271. The summed E-state index contributed by atoms with van der Waals surface area (Å²) in [6, 6.07) is 2.72. The van der Waals surface area contributed by atoms with E-state index in [9.17, 15) is 4.79 Å². The summed E-state index contributed by atoms with van der Waals surface area (Å²) in [5.41, 5.74) is -0.476. The summed E-state index contributed by atoms with van der Waals surface area (Å²) in [6.45, 7) is 5.56. The van der Waals surface area contributed by atoms with Gasteiger partial charge in [0.25, 0.3) is 5.91 Å². The molecule has 3 fully saturated rings. The number of amides is 1. The van der Waals surface area contributed by atoms with Gasteiger partial charge in [0, 0.05) is 44.6 Å². The Bertz CT molecular complexity index is 511. The highest BCUT2D eigenvalue weighted by atomic mass is 16.2. The predicted molar refractivity (Wildman–Crippen MR) is 83.5 cm³/mol. The largest absolute Gasteiger partial charge is 0.338 e. The lowest BCUT2D eigenvalue weighted by Crippen LogP contribution is -2.59. The van der Waals surface area contributed by atoms with E-state index < -0.39 is 5.54 Å². The van der Waals surface area contributed by atoms with Crippen molar-refractivity contribution in [2.75, 3.05) is 39.3 Å². The van der Waals surface area contributed by atoms with Crippen LogP contribution in [0.4, 0.5) is 0 Å². The first-order valence-electron chi connectivity index (χ1n) is 8.54. The summed E-state index contributed by atoms with van der Waals surface area (Å²) in [5.74, 6) is 0.271. The monoisotopic (exact) mass is 303 g/mol. The van der Waals surface area contributed by atoms with Crippen LogP contribution in [0.2, 0.25) is 0 Å². The highest BCUT2D eigenvalue weighted by Crippen LogP contribution is 2.31. The molecule has 1 aromatic heterocycles. The fourth-order valence-electron chi connectivity index (χ4n) is 3.93. The fraction of sp³-hybridized carbons (Fsp3) is 0.750. The van der Waals surface area contributed by atoms with Gasteiger partial charge in [-0.25, -0.2) is 0 Å². The Kier molecular flexibility index (Phi) is 3.66. The fourth-order valence-corrected chi connectivity index (χ4v) is 3.93. The molecule has 1 aromatic rings. The van der Waals surface area contributed by atoms with E-state index >= 15 is 0 Å². The van der Waals surface area contributed by atoms with Crippen LogP contribution >= 0.6 is 0 Å². The maximum atomic E-state index is 13.3. The van der Waals surface area contributed by atoms with Gasteiger partial charge in [0.1, 0.15) is 5.54 Å². The molecule has 1 N–H and O–H groups in total. The highest BCUT2D eigenvalue weighted by molar-refractivity contribution is 5.84. The number of hydrogen-bond acceptors (Lipinski definition) is 4. The van der Waals surface area contributed by atoms with Gasteiger partial charge in [0.05, 0.1) is 0 Å². The van der Waals surface area contributed by atoms with Crippen LogP contribution in [0.1, 0.15) is 25.7 Å². The predicted octanol–water partition coefficient (Wildman–Crippen LogP) is 0.268. The molecule has 0 bridgehead atoms. The van der Waals surface area contributed by atoms with Crippen molar-refractivity contribution in [1.82, 2.24) is 24.9 Å². The average Bonchev–Trinajstić information content (AvgIpc) is 3.28. The van der Waals surface area contributed by atoms with Crippen molar-refractivity contribution in [2.24, 2.45) is 0 Å². The molecule has 0 aromatic carbocycles. The third kappa shape index (κ3) is 2.44. The van der Waals surface area contributed by atoms with E-state index in [0.29, 0.717) is 0 Å². The van der Waals surface area contributed by atoms with Crippen LogP contribution < -0.4 is 5.32 Å². The minimum Gasteiger partial charge on any atom is -0.338 e. The van der Waals surface area contributed by atoms with Crippen LogP contribution in [-0.2, 0) is 10.3 Å². The van der Waals surface area contributed by atoms with Crippen LogP contribution in [0.3, 0.4) is 0 Å². The number of piperidine rings is 1. The molecule has 0 unspecified atom stereocenters. The standard InChI is InChI=1S/C16H25N5O/c22-15(20-12-10-19(11-13-20)14-2-3-14)16(4-7-17-8-5-16)21-9-1-6-18-21/h1,6,9,14,17H,2-5,7-8,10-13H2. The summed E-state index contributed by atoms with van der Waals surface area (Å²) in [4.78, 5) is 17.9. The molecule has 3 aliphatic rings. The van der Waals surface area contributed by atoms with E-state index in [1.807, 2.05) is 16.9 Å². The summed E-state index contributed by atoms with van der Waals surface area (Å²) >= 11 is 0. The normalized spacial score (nSPS) is 26.1. The van der Waals surface area contributed by atoms with E-state index in [0.717, 1.165) is 58.2 Å². The third-order valence-corrected chi connectivity index (χ3v) is 5.44. The molecule has 0 spiro atoms. The van der Waals surface area contributed by atoms with E-state index in [-0.39, 0.29) is 5.91 Å². The van der Waals surface area contributed by atoms with Crippen LogP contribution in [0, 0.1) is 0 Å². The highest BCUT2D eigenvalue weighted by Gasteiger charge is 2.45. The summed E-state index contributed by atoms with van der Waals surface area (Å²) in [5, 5.41) is 7.78. The molecule has 3 heterocycles. The molecule has 0 radical (unpaired) electrons. The number of piperazine rings is 1. The van der Waals surface area contributed by atoms with Gasteiger partial charge in [-0.2, -0.15) is 5.10 Å². The molecule has 22 heavy (non-hydrogen) atoms. The van der Waals surface area contributed by atoms with E-state index in [4.69, 9.17) is 0 Å². The molecule has 6 heteroatoms. The van der Waals surface area contributed by atoms with Gasteiger partial charge in [0.2, 0.25) is 0 Å². The second-order valence-electron chi connectivity index (χ2n) is 6.79. The van der Waals surface area contributed by atoms with E-state index in [2.05, 4.69) is 20.2 Å². The summed E-state index contributed by atoms with van der Waals surface area (Å²) in [7, 11) is 0. The van der Waals surface area contributed by atoms with Gasteiger partial charge in [-0.15, -0.1) is 0 Å². The zero-order chi connectivity index (χ0) is 15.0. The van der Waals surface area contributed by atoms with Crippen LogP contribution in [0.5, 0.6) is 0 Å². The Balaban J connectivity index is 1.51. The summed E-state index contributed by atoms with van der Waals surface area (Å²) in [6.07, 6.45) is 8.08. The molecule has 1 aliphatic carbocycles. The second-order valence-corrected chi connectivity index (χ2v) is 6.79. The number of hydrogen-bond donors (Lipinski definition) is 1. The van der Waals surface area contributed by atoms with Gasteiger partial charge in [-0.1, -0.05) is 0 Å². The molecular formula is C16H25N5O. The zero-order valence-electron chi connectivity index (χ0n) is 13.1. The van der Waals surface area contributed by atoms with Gasteiger partial charge in [0.15, 0.2) is 0 Å². The van der Waals surface area contributed by atoms with Gasteiger partial charge in [-0.05, 0) is 44.8 Å². The van der Waals surface area contributed by atoms with Crippen molar-refractivity contribution < 1.29 is 4.79 Å². The van der Waals surface area contributed by atoms with Gasteiger partial charge < -0.3 is 10.2 Å². The minimum atomic E-state index is -0.476. The van der Waals surface area contributed by atoms with Crippen LogP contribution in [0.25, 0.3) is 0 Å². The van der Waals surface area contributed by atoms with Gasteiger partial charge in [-0.3, -0.25) is 14.4 Å². The van der Waals surface area contributed by atoms with Crippen molar-refractivity contribution in [3.8, 4) is 0 Å². The SMILES string of the molecule is O=C(N1CCN(C2CC2)CC1)C1(n2cccn2)CCNCC1. The first-order chi connectivity index (χ1) is 10.8. The molecule has 4 rings (SSSR count). The average molecular weight is 303 g/mol. The van der Waals surface area contributed by atoms with E-state index in [1.54, 1.807) is 6.20 Å². The smallest absolute Gasteiger partial charge is 0.250 e.